The van der Waals surface area contributed by atoms with Crippen LogP contribution >= 0.6 is 28.3 Å². The maximum Gasteiger partial charge on any atom is 0.249 e. The highest BCUT2D eigenvalue weighted by Crippen LogP contribution is 2.20. The Balaban J connectivity index is 0.000000980. The molecule has 8 heteroatoms. The lowest BCUT2D eigenvalue weighted by Crippen LogP contribution is -2.10. The fourth-order valence-corrected chi connectivity index (χ4v) is 2.72. The summed E-state index contributed by atoms with van der Waals surface area (Å²) in [6, 6.07) is 0. The van der Waals surface area contributed by atoms with Crippen LogP contribution in [-0.4, -0.2) is 17.8 Å². The number of primary sulfonamides is 1. The van der Waals surface area contributed by atoms with Gasteiger partial charge in [-0.1, -0.05) is 11.3 Å². The smallest absolute Gasteiger partial charge is 0.249 e. The first kappa shape index (κ1) is 11.6. The summed E-state index contributed by atoms with van der Waals surface area (Å²) in [4.78, 5) is 4.75. The summed E-state index contributed by atoms with van der Waals surface area (Å²) < 4.78 is 23.7. The molecule has 0 aliphatic rings. The molecule has 2 N–H and O–H groups in total. The van der Waals surface area contributed by atoms with Crippen molar-refractivity contribution in [3.05, 3.63) is 18.1 Å². The molecule has 0 amide bonds. The number of nitrogens with two attached hydrogens (primary N) is 1. The molecule has 0 unspecified atom stereocenters. The van der Waals surface area contributed by atoms with Gasteiger partial charge < -0.3 is 0 Å². The average Bonchev–Trinajstić information content (AvgIpc) is 2.40. The van der Waals surface area contributed by atoms with Crippen LogP contribution in [0.4, 0.5) is 0 Å². The van der Waals surface area contributed by atoms with Gasteiger partial charge in [-0.3, -0.25) is 4.40 Å². The molecule has 0 fully saturated rings. The predicted molar refractivity (Wildman–Crippen MR) is 59.5 cm³/mol. The molecule has 5 nitrogen and oxygen atoms in total. The first-order chi connectivity index (χ1) is 5.97. The van der Waals surface area contributed by atoms with E-state index in [4.69, 9.17) is 5.14 Å². The summed E-state index contributed by atoms with van der Waals surface area (Å²) in [6.07, 6.45) is 3.22. The number of rotatable bonds is 1. The molecular formula is C6H8BrN3O2S2. The fraction of sp³-hybridized carbons (Fsp3) is 0.167. The van der Waals surface area contributed by atoms with E-state index in [-0.39, 0.29) is 21.2 Å². The van der Waals surface area contributed by atoms with Gasteiger partial charge in [-0.2, -0.15) is 0 Å². The number of hydrogen-bond acceptors (Lipinski definition) is 4. The second-order valence-electron chi connectivity index (χ2n) is 2.67. The Bertz CT molecular complexity index is 525. The topological polar surface area (TPSA) is 77.5 Å². The van der Waals surface area contributed by atoms with Crippen LogP contribution in [0.15, 0.2) is 16.6 Å². The lowest BCUT2D eigenvalue weighted by Gasteiger charge is -1.87. The van der Waals surface area contributed by atoms with Crippen LogP contribution in [-0.2, 0) is 10.0 Å². The summed E-state index contributed by atoms with van der Waals surface area (Å²) in [5.74, 6) is 0. The van der Waals surface area contributed by atoms with Gasteiger partial charge in [0, 0.05) is 12.4 Å². The van der Waals surface area contributed by atoms with E-state index in [1.807, 2.05) is 6.92 Å². The first-order valence-electron chi connectivity index (χ1n) is 3.45. The van der Waals surface area contributed by atoms with Gasteiger partial charge in [0.2, 0.25) is 10.0 Å². The zero-order valence-corrected chi connectivity index (χ0v) is 10.5. The van der Waals surface area contributed by atoms with Crippen LogP contribution in [0.25, 0.3) is 4.96 Å². The summed E-state index contributed by atoms with van der Waals surface area (Å²) in [7, 11) is -3.59. The number of imidazole rings is 1. The number of aryl methyl sites for hydroxylation is 1. The molecule has 2 aromatic rings. The number of nitrogens with zero attached hydrogens (tertiary/aromatic N) is 2. The van der Waals surface area contributed by atoms with E-state index < -0.39 is 10.0 Å². The highest BCUT2D eigenvalue weighted by atomic mass is 79.9. The minimum Gasteiger partial charge on any atom is -0.296 e. The first-order valence-corrected chi connectivity index (χ1v) is 5.81. The molecule has 0 saturated carbocycles. The highest BCUT2D eigenvalue weighted by molar-refractivity contribution is 8.93. The number of hydrogen-bond donors (Lipinski definition) is 1. The molecule has 0 radical (unpaired) electrons. The van der Waals surface area contributed by atoms with Crippen LogP contribution in [0.5, 0.6) is 0 Å². The van der Waals surface area contributed by atoms with Crippen LogP contribution in [0.3, 0.4) is 0 Å². The Morgan fingerprint density at radius 1 is 1.50 bits per heavy atom. The number of aromatic nitrogens is 2. The zero-order valence-electron chi connectivity index (χ0n) is 7.17. The minimum absolute atomic E-state index is 0. The minimum atomic E-state index is -3.59. The molecule has 0 spiro atoms. The van der Waals surface area contributed by atoms with Crippen molar-refractivity contribution in [1.29, 1.82) is 0 Å². The van der Waals surface area contributed by atoms with Crippen LogP contribution in [0.2, 0.25) is 0 Å². The quantitative estimate of drug-likeness (QED) is 0.850. The maximum absolute atomic E-state index is 10.9. The fourth-order valence-electron chi connectivity index (χ4n) is 1.02. The monoisotopic (exact) mass is 297 g/mol. The SMILES string of the molecule is Br.Cc1cn2cc(S(N)(=O)=O)sc2n1. The van der Waals surface area contributed by atoms with Gasteiger partial charge in [-0.25, -0.2) is 18.5 Å². The van der Waals surface area contributed by atoms with E-state index in [1.165, 1.54) is 6.20 Å². The molecule has 0 aliphatic carbocycles. The second-order valence-corrected chi connectivity index (χ2v) is 5.46. The van der Waals surface area contributed by atoms with Gasteiger partial charge in [0.05, 0.1) is 5.69 Å². The average molecular weight is 298 g/mol. The Hall–Kier alpha value is -0.440. The van der Waals surface area contributed by atoms with Gasteiger partial charge in [-0.05, 0) is 6.92 Å². The predicted octanol–water partition coefficient (Wildman–Crippen LogP) is 0.930. The second kappa shape index (κ2) is 3.61. The largest absolute Gasteiger partial charge is 0.296 e. The van der Waals surface area contributed by atoms with E-state index in [9.17, 15) is 8.42 Å². The van der Waals surface area contributed by atoms with Crippen molar-refractivity contribution in [1.82, 2.24) is 9.38 Å². The number of sulfonamides is 1. The van der Waals surface area contributed by atoms with Gasteiger partial charge in [0.15, 0.2) is 9.17 Å². The molecule has 2 aromatic heterocycles. The summed E-state index contributed by atoms with van der Waals surface area (Å²) in [5.41, 5.74) is 0.854. The van der Waals surface area contributed by atoms with Gasteiger partial charge in [0.1, 0.15) is 0 Å². The van der Waals surface area contributed by atoms with Gasteiger partial charge >= 0.3 is 0 Å². The molecule has 0 saturated heterocycles. The third-order valence-electron chi connectivity index (χ3n) is 1.54. The standard InChI is InChI=1S/C6H7N3O2S2.BrH/c1-4-2-9-3-5(13(7,10)11)12-6(9)8-4;/h2-3H,1H3,(H2,7,10,11);1H. The van der Waals surface area contributed by atoms with Crippen LogP contribution < -0.4 is 5.14 Å². The van der Waals surface area contributed by atoms with Crippen molar-refractivity contribution in [2.75, 3.05) is 0 Å². The Morgan fingerprint density at radius 3 is 2.64 bits per heavy atom. The van der Waals surface area contributed by atoms with Crippen molar-refractivity contribution in [3.63, 3.8) is 0 Å². The molecule has 0 aromatic carbocycles. The van der Waals surface area contributed by atoms with Gasteiger partial charge in [0.25, 0.3) is 0 Å². The summed E-state index contributed by atoms with van der Waals surface area (Å²) >= 11 is 1.06. The lowest BCUT2D eigenvalue weighted by molar-refractivity contribution is 0.599. The van der Waals surface area contributed by atoms with Crippen molar-refractivity contribution >= 4 is 43.3 Å². The molecule has 0 atom stereocenters. The zero-order chi connectivity index (χ0) is 9.64. The van der Waals surface area contributed by atoms with Crippen LogP contribution in [0.1, 0.15) is 5.69 Å². The Labute approximate surface area is 95.4 Å². The number of thiazole rings is 1. The van der Waals surface area contributed by atoms with Crippen LogP contribution in [0, 0.1) is 6.92 Å². The van der Waals surface area contributed by atoms with E-state index in [2.05, 4.69) is 4.98 Å². The van der Waals surface area contributed by atoms with Gasteiger partial charge in [-0.15, -0.1) is 17.0 Å². The third kappa shape index (κ3) is 1.97. The van der Waals surface area contributed by atoms with E-state index in [0.29, 0.717) is 4.96 Å². The molecule has 2 rings (SSSR count). The lowest BCUT2D eigenvalue weighted by atomic mass is 10.6. The van der Waals surface area contributed by atoms with E-state index >= 15 is 0 Å². The highest BCUT2D eigenvalue weighted by Gasteiger charge is 2.13. The Morgan fingerprint density at radius 2 is 2.14 bits per heavy atom. The van der Waals surface area contributed by atoms with E-state index in [0.717, 1.165) is 17.0 Å². The molecule has 2 heterocycles. The number of fused-ring (bicyclic) bond motifs is 1. The maximum atomic E-state index is 10.9. The molecule has 0 aliphatic heterocycles. The normalized spacial score (nSPS) is 11.6. The Kier molecular flexibility index (Phi) is 3.00. The van der Waals surface area contributed by atoms with Crippen molar-refractivity contribution < 1.29 is 8.42 Å². The third-order valence-corrected chi connectivity index (χ3v) is 3.94. The molecule has 14 heavy (non-hydrogen) atoms. The number of halogens is 1. The van der Waals surface area contributed by atoms with Crippen molar-refractivity contribution in [2.45, 2.75) is 11.1 Å². The molecular weight excluding hydrogens is 290 g/mol. The molecule has 0 bridgehead atoms. The van der Waals surface area contributed by atoms with Crippen molar-refractivity contribution in [2.24, 2.45) is 5.14 Å². The van der Waals surface area contributed by atoms with E-state index in [1.54, 1.807) is 10.6 Å². The molecule has 78 valence electrons. The summed E-state index contributed by atoms with van der Waals surface area (Å²) in [6.45, 7) is 1.84. The summed E-state index contributed by atoms with van der Waals surface area (Å²) in [5, 5.41) is 4.96. The van der Waals surface area contributed by atoms with Crippen molar-refractivity contribution in [3.8, 4) is 0 Å².